The number of nitrogens with zero attached hydrogens (tertiary/aromatic N) is 1. The van der Waals surface area contributed by atoms with E-state index in [-0.39, 0.29) is 11.8 Å². The van der Waals surface area contributed by atoms with Gasteiger partial charge in [0.2, 0.25) is 5.91 Å². The van der Waals surface area contributed by atoms with E-state index in [2.05, 4.69) is 6.58 Å². The van der Waals surface area contributed by atoms with Crippen molar-refractivity contribution in [2.45, 2.75) is 25.7 Å². The molecule has 102 valence electrons. The second-order valence-corrected chi connectivity index (χ2v) is 4.46. The summed E-state index contributed by atoms with van der Waals surface area (Å²) in [6.45, 7) is 5.73. The van der Waals surface area contributed by atoms with E-state index in [4.69, 9.17) is 9.84 Å². The smallest absolute Gasteiger partial charge is 0.306 e. The number of likely N-dealkylation sites (tertiary alicyclic amines) is 1. The molecule has 1 saturated heterocycles. The highest BCUT2D eigenvalue weighted by Gasteiger charge is 2.26. The van der Waals surface area contributed by atoms with Gasteiger partial charge in [0.25, 0.3) is 0 Å². The Kier molecular flexibility index (Phi) is 6.43. The third-order valence-electron chi connectivity index (χ3n) is 3.11. The zero-order valence-electron chi connectivity index (χ0n) is 10.6. The maximum Gasteiger partial charge on any atom is 0.306 e. The summed E-state index contributed by atoms with van der Waals surface area (Å²) in [5.74, 6) is -0.939. The molecule has 0 radical (unpaired) electrons. The molecule has 1 aliphatic rings. The minimum atomic E-state index is -0.750. The summed E-state index contributed by atoms with van der Waals surface area (Å²) in [5, 5.41) is 8.86. The summed E-state index contributed by atoms with van der Waals surface area (Å²) in [7, 11) is 0. The number of carbonyl (C=O) groups excluding carboxylic acids is 1. The van der Waals surface area contributed by atoms with Crippen molar-refractivity contribution >= 4 is 11.9 Å². The molecular formula is C13H21NO4. The first-order chi connectivity index (χ1) is 8.65. The lowest BCUT2D eigenvalue weighted by molar-refractivity contribution is -0.145. The Morgan fingerprint density at radius 1 is 1.39 bits per heavy atom. The van der Waals surface area contributed by atoms with E-state index in [1.165, 1.54) is 0 Å². The predicted octanol–water partition coefficient (Wildman–Crippen LogP) is 1.29. The second kappa shape index (κ2) is 7.87. The van der Waals surface area contributed by atoms with Gasteiger partial charge in [-0.1, -0.05) is 6.08 Å². The molecule has 0 saturated carbocycles. The Labute approximate surface area is 107 Å². The Hall–Kier alpha value is -1.36. The lowest BCUT2D eigenvalue weighted by atomic mass is 9.97. The molecule has 5 nitrogen and oxygen atoms in total. The van der Waals surface area contributed by atoms with Gasteiger partial charge in [0.05, 0.1) is 12.5 Å². The molecule has 18 heavy (non-hydrogen) atoms. The minimum Gasteiger partial charge on any atom is -0.481 e. The normalized spacial score (nSPS) is 16.6. The molecule has 0 aromatic heterocycles. The monoisotopic (exact) mass is 255 g/mol. The standard InChI is InChI=1S/C13H21NO4/c1-2-9-18-10-3-4-12(15)14-7-5-11(6-8-14)13(16)17/h2,11H,1,3-10H2,(H,16,17). The molecule has 0 spiro atoms. The first-order valence-electron chi connectivity index (χ1n) is 6.34. The number of hydrogen-bond donors (Lipinski definition) is 1. The number of carboxylic acids is 1. The van der Waals surface area contributed by atoms with Crippen molar-refractivity contribution in [3.05, 3.63) is 12.7 Å². The lowest BCUT2D eigenvalue weighted by Gasteiger charge is -2.30. The molecule has 0 aromatic carbocycles. The number of hydrogen-bond acceptors (Lipinski definition) is 3. The van der Waals surface area contributed by atoms with Crippen molar-refractivity contribution < 1.29 is 19.4 Å². The zero-order chi connectivity index (χ0) is 13.4. The highest BCUT2D eigenvalue weighted by molar-refractivity contribution is 5.77. The molecule has 1 N–H and O–H groups in total. The summed E-state index contributed by atoms with van der Waals surface area (Å²) in [4.78, 5) is 24.3. The largest absolute Gasteiger partial charge is 0.481 e. The number of rotatable bonds is 7. The van der Waals surface area contributed by atoms with Gasteiger partial charge >= 0.3 is 5.97 Å². The molecular weight excluding hydrogens is 234 g/mol. The van der Waals surface area contributed by atoms with Crippen LogP contribution in [0.3, 0.4) is 0 Å². The van der Waals surface area contributed by atoms with Crippen molar-refractivity contribution in [2.24, 2.45) is 5.92 Å². The molecule has 0 aliphatic carbocycles. The van der Waals surface area contributed by atoms with Crippen molar-refractivity contribution in [2.75, 3.05) is 26.3 Å². The third kappa shape index (κ3) is 4.87. The number of carbonyl (C=O) groups is 2. The van der Waals surface area contributed by atoms with Crippen LogP contribution in [0.4, 0.5) is 0 Å². The maximum atomic E-state index is 11.8. The zero-order valence-corrected chi connectivity index (χ0v) is 10.6. The van der Waals surface area contributed by atoms with Gasteiger partial charge in [0.15, 0.2) is 0 Å². The van der Waals surface area contributed by atoms with Gasteiger partial charge in [-0.05, 0) is 19.3 Å². The van der Waals surface area contributed by atoms with Gasteiger partial charge < -0.3 is 14.7 Å². The Balaban J connectivity index is 2.16. The van der Waals surface area contributed by atoms with Crippen LogP contribution in [0.5, 0.6) is 0 Å². The highest BCUT2D eigenvalue weighted by atomic mass is 16.5. The minimum absolute atomic E-state index is 0.0982. The van der Waals surface area contributed by atoms with E-state index in [9.17, 15) is 9.59 Å². The number of piperidine rings is 1. The summed E-state index contributed by atoms with van der Waals surface area (Å²) in [5.41, 5.74) is 0. The van der Waals surface area contributed by atoms with Gasteiger partial charge in [-0.2, -0.15) is 0 Å². The molecule has 1 aliphatic heterocycles. The van der Waals surface area contributed by atoms with Crippen LogP contribution < -0.4 is 0 Å². The lowest BCUT2D eigenvalue weighted by Crippen LogP contribution is -2.40. The number of aliphatic carboxylic acids is 1. The van der Waals surface area contributed by atoms with Crippen LogP contribution in [0.25, 0.3) is 0 Å². The fraction of sp³-hybridized carbons (Fsp3) is 0.692. The van der Waals surface area contributed by atoms with E-state index in [0.717, 1.165) is 0 Å². The van der Waals surface area contributed by atoms with E-state index < -0.39 is 5.97 Å². The summed E-state index contributed by atoms with van der Waals surface area (Å²) in [6.07, 6.45) is 3.97. The van der Waals surface area contributed by atoms with Crippen LogP contribution in [0, 0.1) is 5.92 Å². The molecule has 5 heteroatoms. The summed E-state index contributed by atoms with van der Waals surface area (Å²) in [6, 6.07) is 0. The predicted molar refractivity (Wildman–Crippen MR) is 67.2 cm³/mol. The maximum absolute atomic E-state index is 11.8. The molecule has 1 fully saturated rings. The Morgan fingerprint density at radius 2 is 2.06 bits per heavy atom. The van der Waals surface area contributed by atoms with Crippen LogP contribution in [-0.4, -0.2) is 48.2 Å². The van der Waals surface area contributed by atoms with Crippen molar-refractivity contribution in [3.63, 3.8) is 0 Å². The van der Waals surface area contributed by atoms with E-state index in [0.29, 0.717) is 52.0 Å². The van der Waals surface area contributed by atoms with Crippen molar-refractivity contribution in [3.8, 4) is 0 Å². The van der Waals surface area contributed by atoms with Crippen LogP contribution in [-0.2, 0) is 14.3 Å². The first-order valence-corrected chi connectivity index (χ1v) is 6.34. The van der Waals surface area contributed by atoms with E-state index in [1.54, 1.807) is 11.0 Å². The topological polar surface area (TPSA) is 66.8 Å². The van der Waals surface area contributed by atoms with Crippen LogP contribution in [0.1, 0.15) is 25.7 Å². The summed E-state index contributed by atoms with van der Waals surface area (Å²) < 4.78 is 5.20. The molecule has 1 amide bonds. The quantitative estimate of drug-likeness (QED) is 0.550. The van der Waals surface area contributed by atoms with Crippen LogP contribution >= 0.6 is 0 Å². The van der Waals surface area contributed by atoms with Crippen molar-refractivity contribution in [1.29, 1.82) is 0 Å². The molecule has 0 unspecified atom stereocenters. The fourth-order valence-electron chi connectivity index (χ4n) is 2.03. The molecule has 1 rings (SSSR count). The van der Waals surface area contributed by atoms with Gasteiger partial charge in [0.1, 0.15) is 0 Å². The van der Waals surface area contributed by atoms with Gasteiger partial charge in [-0.15, -0.1) is 6.58 Å². The van der Waals surface area contributed by atoms with Gasteiger partial charge in [0, 0.05) is 26.1 Å². The van der Waals surface area contributed by atoms with Gasteiger partial charge in [-0.25, -0.2) is 0 Å². The molecule has 0 atom stereocenters. The average molecular weight is 255 g/mol. The average Bonchev–Trinajstić information content (AvgIpc) is 2.38. The highest BCUT2D eigenvalue weighted by Crippen LogP contribution is 2.18. The fourth-order valence-corrected chi connectivity index (χ4v) is 2.03. The molecule has 0 bridgehead atoms. The third-order valence-corrected chi connectivity index (χ3v) is 3.11. The van der Waals surface area contributed by atoms with Crippen LogP contribution in [0.2, 0.25) is 0 Å². The SMILES string of the molecule is C=CCOCCCC(=O)N1CCC(C(=O)O)CC1. The van der Waals surface area contributed by atoms with E-state index >= 15 is 0 Å². The number of amides is 1. The van der Waals surface area contributed by atoms with Crippen molar-refractivity contribution in [1.82, 2.24) is 4.90 Å². The number of ether oxygens (including phenoxy) is 1. The Morgan fingerprint density at radius 3 is 2.61 bits per heavy atom. The van der Waals surface area contributed by atoms with Gasteiger partial charge in [-0.3, -0.25) is 9.59 Å². The molecule has 0 aromatic rings. The second-order valence-electron chi connectivity index (χ2n) is 4.46. The van der Waals surface area contributed by atoms with Crippen LogP contribution in [0.15, 0.2) is 12.7 Å². The summed E-state index contributed by atoms with van der Waals surface area (Å²) >= 11 is 0. The molecule has 1 heterocycles. The number of carboxylic acid groups (broad SMARTS) is 1. The Bertz CT molecular complexity index is 295. The van der Waals surface area contributed by atoms with E-state index in [1.807, 2.05) is 0 Å². The first kappa shape index (κ1) is 14.7.